The van der Waals surface area contributed by atoms with Crippen LogP contribution in [0.25, 0.3) is 0 Å². The van der Waals surface area contributed by atoms with Gasteiger partial charge in [0.15, 0.2) is 5.69 Å². The van der Waals surface area contributed by atoms with Crippen LogP contribution in [0.1, 0.15) is 10.5 Å². The van der Waals surface area contributed by atoms with Crippen molar-refractivity contribution < 1.29 is 17.9 Å². The molecule has 106 valence electrons. The van der Waals surface area contributed by atoms with E-state index in [1.54, 1.807) is 0 Å². The van der Waals surface area contributed by atoms with Crippen molar-refractivity contribution in [3.05, 3.63) is 17.8 Å². The summed E-state index contributed by atoms with van der Waals surface area (Å²) in [5, 5.41) is 10.2. The lowest BCUT2D eigenvalue weighted by Gasteiger charge is -2.11. The third-order valence-electron chi connectivity index (χ3n) is 2.28. The number of carbonyl (C=O) groups excluding carboxylic acids is 1. The molecular weight excluding hydrogens is 272 g/mol. The molecule has 0 saturated heterocycles. The van der Waals surface area contributed by atoms with Crippen molar-refractivity contribution in [2.24, 2.45) is 0 Å². The first kappa shape index (κ1) is 15.3. The number of nitrogens with one attached hydrogen (secondary N) is 1. The summed E-state index contributed by atoms with van der Waals surface area (Å²) in [7, 11) is 0.952. The Morgan fingerprint density at radius 2 is 2.05 bits per heavy atom. The highest BCUT2D eigenvalue weighted by molar-refractivity contribution is 7.89. The van der Waals surface area contributed by atoms with Crippen molar-refractivity contribution in [3.8, 4) is 0 Å². The first-order valence-corrected chi connectivity index (χ1v) is 7.04. The number of methoxy groups -OCH3 is 1. The zero-order chi connectivity index (χ0) is 14.5. The molecule has 0 fully saturated rings. The van der Waals surface area contributed by atoms with Crippen molar-refractivity contribution in [1.82, 2.24) is 14.5 Å². The lowest BCUT2D eigenvalue weighted by Crippen LogP contribution is -2.28. The Balaban J connectivity index is 2.54. The molecule has 1 aromatic rings. The molecule has 0 atom stereocenters. The van der Waals surface area contributed by atoms with Gasteiger partial charge in [0.2, 0.25) is 10.0 Å². The van der Waals surface area contributed by atoms with Crippen LogP contribution in [0.2, 0.25) is 0 Å². The average Bonchev–Trinajstić information content (AvgIpc) is 2.38. The van der Waals surface area contributed by atoms with Gasteiger partial charge < -0.3 is 10.1 Å². The molecule has 0 radical (unpaired) electrons. The second kappa shape index (κ2) is 6.43. The largest absolute Gasteiger partial charge is 0.464 e. The lowest BCUT2D eigenvalue weighted by atomic mass is 10.4. The number of sulfonamides is 1. The topological polar surface area (TPSA) is 101 Å². The summed E-state index contributed by atoms with van der Waals surface area (Å²) in [6, 6.07) is 2.98. The van der Waals surface area contributed by atoms with Crippen molar-refractivity contribution in [1.29, 1.82) is 0 Å². The van der Waals surface area contributed by atoms with E-state index in [9.17, 15) is 13.2 Å². The van der Waals surface area contributed by atoms with Gasteiger partial charge in [-0.05, 0) is 12.1 Å². The maximum Gasteiger partial charge on any atom is 0.358 e. The van der Waals surface area contributed by atoms with E-state index in [0.29, 0.717) is 5.82 Å². The molecule has 19 heavy (non-hydrogen) atoms. The van der Waals surface area contributed by atoms with Gasteiger partial charge in [0.1, 0.15) is 5.82 Å². The minimum atomic E-state index is -3.25. The molecule has 0 aliphatic heterocycles. The van der Waals surface area contributed by atoms with E-state index in [-0.39, 0.29) is 18.0 Å². The molecule has 0 amide bonds. The number of carbonyl (C=O) groups is 1. The van der Waals surface area contributed by atoms with Crippen LogP contribution in [0, 0.1) is 0 Å². The van der Waals surface area contributed by atoms with E-state index >= 15 is 0 Å². The molecule has 0 saturated carbocycles. The number of hydrogen-bond acceptors (Lipinski definition) is 7. The molecule has 1 N–H and O–H groups in total. The Hall–Kier alpha value is -1.74. The predicted molar refractivity (Wildman–Crippen MR) is 69.3 cm³/mol. The summed E-state index contributed by atoms with van der Waals surface area (Å²) < 4.78 is 28.6. The maximum absolute atomic E-state index is 11.5. The maximum atomic E-state index is 11.5. The second-order valence-corrected chi connectivity index (χ2v) is 6.12. The Morgan fingerprint density at radius 1 is 1.37 bits per heavy atom. The molecule has 0 aliphatic rings. The van der Waals surface area contributed by atoms with Gasteiger partial charge >= 0.3 is 5.97 Å². The number of anilines is 1. The van der Waals surface area contributed by atoms with Gasteiger partial charge in [-0.3, -0.25) is 0 Å². The third-order valence-corrected chi connectivity index (χ3v) is 4.11. The number of hydrogen-bond donors (Lipinski definition) is 1. The molecule has 0 bridgehead atoms. The molecule has 0 aliphatic carbocycles. The summed E-state index contributed by atoms with van der Waals surface area (Å²) in [4.78, 5) is 11.1. The highest BCUT2D eigenvalue weighted by Gasteiger charge is 2.13. The van der Waals surface area contributed by atoms with E-state index < -0.39 is 16.0 Å². The van der Waals surface area contributed by atoms with E-state index in [1.165, 1.54) is 33.3 Å². The molecule has 0 aromatic carbocycles. The average molecular weight is 288 g/mol. The Bertz CT molecular complexity index is 527. The van der Waals surface area contributed by atoms with Crippen molar-refractivity contribution in [3.63, 3.8) is 0 Å². The van der Waals surface area contributed by atoms with Crippen LogP contribution in [0.5, 0.6) is 0 Å². The summed E-state index contributed by atoms with van der Waals surface area (Å²) in [5.74, 6) is -0.240. The molecule has 1 heterocycles. The minimum Gasteiger partial charge on any atom is -0.464 e. The van der Waals surface area contributed by atoms with Gasteiger partial charge in [0.25, 0.3) is 0 Å². The van der Waals surface area contributed by atoms with Crippen LogP contribution < -0.4 is 5.32 Å². The number of nitrogens with zero attached hydrogens (tertiary/aromatic N) is 3. The monoisotopic (exact) mass is 288 g/mol. The zero-order valence-corrected chi connectivity index (χ0v) is 11.8. The Labute approximate surface area is 111 Å². The van der Waals surface area contributed by atoms with Crippen molar-refractivity contribution in [2.45, 2.75) is 0 Å². The number of esters is 1. The fraction of sp³-hybridized carbons (Fsp3) is 0.500. The molecule has 1 aromatic heterocycles. The smallest absolute Gasteiger partial charge is 0.358 e. The van der Waals surface area contributed by atoms with Crippen LogP contribution in [-0.2, 0) is 14.8 Å². The van der Waals surface area contributed by atoms with Crippen molar-refractivity contribution >= 4 is 21.8 Å². The standard InChI is InChI=1S/C10H16N4O4S/c1-14(2)19(16,17)7-6-11-9-5-4-8(12-13-9)10(15)18-3/h4-5H,6-7H2,1-3H3,(H,11,13). The Kier molecular flexibility index (Phi) is 5.19. The molecular formula is C10H16N4O4S. The van der Waals surface area contributed by atoms with E-state index in [2.05, 4.69) is 20.3 Å². The highest BCUT2D eigenvalue weighted by atomic mass is 32.2. The summed E-state index contributed by atoms with van der Waals surface area (Å²) in [5.41, 5.74) is 0.0916. The van der Waals surface area contributed by atoms with E-state index in [0.717, 1.165) is 4.31 Å². The van der Waals surface area contributed by atoms with Gasteiger partial charge in [-0.25, -0.2) is 17.5 Å². The SMILES string of the molecule is COC(=O)c1ccc(NCCS(=O)(=O)N(C)C)nn1. The molecule has 0 spiro atoms. The van der Waals surface area contributed by atoms with Crippen LogP contribution in [0.15, 0.2) is 12.1 Å². The Morgan fingerprint density at radius 3 is 2.53 bits per heavy atom. The van der Waals surface area contributed by atoms with Gasteiger partial charge in [-0.2, -0.15) is 0 Å². The fourth-order valence-corrected chi connectivity index (χ4v) is 1.86. The second-order valence-electron chi connectivity index (χ2n) is 3.82. The summed E-state index contributed by atoms with van der Waals surface area (Å²) >= 11 is 0. The highest BCUT2D eigenvalue weighted by Crippen LogP contribution is 2.03. The van der Waals surface area contributed by atoms with Crippen LogP contribution >= 0.6 is 0 Å². The number of ether oxygens (including phenoxy) is 1. The molecule has 8 nitrogen and oxygen atoms in total. The number of rotatable bonds is 6. The van der Waals surface area contributed by atoms with Crippen LogP contribution in [-0.4, -0.2) is 62.4 Å². The third kappa shape index (κ3) is 4.45. The van der Waals surface area contributed by atoms with Gasteiger partial charge in [-0.1, -0.05) is 0 Å². The minimum absolute atomic E-state index is 0.0551. The van der Waals surface area contributed by atoms with E-state index in [4.69, 9.17) is 0 Å². The van der Waals surface area contributed by atoms with Crippen LogP contribution in [0.3, 0.4) is 0 Å². The van der Waals surface area contributed by atoms with Gasteiger partial charge in [-0.15, -0.1) is 10.2 Å². The predicted octanol–water partition coefficient (Wildman–Crippen LogP) is -0.433. The summed E-state index contributed by atoms with van der Waals surface area (Å²) in [6.45, 7) is 0.201. The normalized spacial score (nSPS) is 11.4. The van der Waals surface area contributed by atoms with Gasteiger partial charge in [0, 0.05) is 20.6 Å². The molecule has 1 rings (SSSR count). The van der Waals surface area contributed by atoms with Crippen LogP contribution in [0.4, 0.5) is 5.82 Å². The fourth-order valence-electron chi connectivity index (χ4n) is 1.13. The zero-order valence-electron chi connectivity index (χ0n) is 11.0. The number of aromatic nitrogens is 2. The first-order chi connectivity index (χ1) is 8.86. The van der Waals surface area contributed by atoms with Gasteiger partial charge in [0.05, 0.1) is 12.9 Å². The first-order valence-electron chi connectivity index (χ1n) is 5.43. The van der Waals surface area contributed by atoms with E-state index in [1.807, 2.05) is 0 Å². The van der Waals surface area contributed by atoms with Crippen molar-refractivity contribution in [2.75, 3.05) is 38.8 Å². The summed E-state index contributed by atoms with van der Waals surface area (Å²) in [6.07, 6.45) is 0. The molecule has 9 heteroatoms. The lowest BCUT2D eigenvalue weighted by molar-refractivity contribution is 0.0592. The quantitative estimate of drug-likeness (QED) is 0.708. The molecule has 0 unspecified atom stereocenters.